The highest BCUT2D eigenvalue weighted by atomic mass is 32.2. The van der Waals surface area contributed by atoms with Crippen LogP contribution < -0.4 is 4.74 Å². The summed E-state index contributed by atoms with van der Waals surface area (Å²) < 4.78 is 34.6. The maximum Gasteiger partial charge on any atom is 0.264 e. The molecule has 1 rings (SSSR count). The molecular weight excluding hydrogens is 236 g/mol. The smallest absolute Gasteiger partial charge is 0.264 e. The molecule has 0 aliphatic heterocycles. The average Bonchev–Trinajstić information content (AvgIpc) is 2.61. The van der Waals surface area contributed by atoms with E-state index >= 15 is 0 Å². The lowest BCUT2D eigenvalue weighted by Gasteiger charge is -2.02. The zero-order valence-electron chi connectivity index (χ0n) is 8.26. The van der Waals surface area contributed by atoms with E-state index in [0.717, 1.165) is 18.6 Å². The molecule has 0 fully saturated rings. The van der Waals surface area contributed by atoms with Crippen molar-refractivity contribution in [3.05, 3.63) is 16.8 Å². The molecule has 1 aromatic heterocycles. The van der Waals surface area contributed by atoms with Crippen LogP contribution in [0, 0.1) is 0 Å². The molecule has 0 aliphatic carbocycles. The van der Waals surface area contributed by atoms with E-state index in [1.54, 1.807) is 11.3 Å². The fourth-order valence-corrected chi connectivity index (χ4v) is 2.23. The van der Waals surface area contributed by atoms with Crippen LogP contribution in [-0.2, 0) is 10.1 Å². The van der Waals surface area contributed by atoms with Crippen molar-refractivity contribution < 1.29 is 17.7 Å². The molecule has 0 bridgehead atoms. The first-order chi connectivity index (χ1) is 7.08. The molecule has 6 heteroatoms. The summed E-state index contributed by atoms with van der Waals surface area (Å²) in [4.78, 5) is 0. The molecule has 0 atom stereocenters. The topological polar surface area (TPSA) is 63.6 Å². The second kappa shape index (κ2) is 6.09. The summed E-state index contributed by atoms with van der Waals surface area (Å²) in [6.45, 7) is 0.586. The van der Waals surface area contributed by atoms with Crippen molar-refractivity contribution in [2.45, 2.75) is 19.3 Å². The molecule has 1 heterocycles. The predicted octanol–water partition coefficient (Wildman–Crippen LogP) is 2.19. The highest BCUT2D eigenvalue weighted by Gasteiger charge is 2.03. The van der Waals surface area contributed by atoms with Gasteiger partial charge in [0.1, 0.15) is 5.75 Å². The van der Waals surface area contributed by atoms with Gasteiger partial charge in [-0.1, -0.05) is 0 Å². The Morgan fingerprint density at radius 1 is 1.33 bits per heavy atom. The van der Waals surface area contributed by atoms with Crippen LogP contribution in [-0.4, -0.2) is 25.3 Å². The van der Waals surface area contributed by atoms with Crippen LogP contribution in [0.1, 0.15) is 19.3 Å². The van der Waals surface area contributed by atoms with E-state index < -0.39 is 10.1 Å². The second-order valence-electron chi connectivity index (χ2n) is 3.15. The molecule has 0 amide bonds. The van der Waals surface area contributed by atoms with Gasteiger partial charge in [0.25, 0.3) is 10.1 Å². The van der Waals surface area contributed by atoms with Gasteiger partial charge >= 0.3 is 0 Å². The van der Waals surface area contributed by atoms with Gasteiger partial charge in [-0.05, 0) is 30.7 Å². The molecule has 0 aromatic carbocycles. The van der Waals surface area contributed by atoms with E-state index in [4.69, 9.17) is 9.29 Å². The molecule has 15 heavy (non-hydrogen) atoms. The van der Waals surface area contributed by atoms with Gasteiger partial charge in [0, 0.05) is 5.38 Å². The Morgan fingerprint density at radius 3 is 2.73 bits per heavy atom. The minimum Gasteiger partial charge on any atom is -0.493 e. The van der Waals surface area contributed by atoms with Crippen LogP contribution >= 0.6 is 11.3 Å². The largest absolute Gasteiger partial charge is 0.493 e. The van der Waals surface area contributed by atoms with Gasteiger partial charge in [-0.25, -0.2) is 0 Å². The molecule has 0 saturated heterocycles. The van der Waals surface area contributed by atoms with E-state index in [0.29, 0.717) is 13.0 Å². The van der Waals surface area contributed by atoms with Crippen molar-refractivity contribution in [3.8, 4) is 5.75 Å². The minimum absolute atomic E-state index is 0.161. The van der Waals surface area contributed by atoms with Gasteiger partial charge < -0.3 is 4.74 Å². The van der Waals surface area contributed by atoms with E-state index in [-0.39, 0.29) is 5.75 Å². The number of ether oxygens (including phenoxy) is 1. The first kappa shape index (κ1) is 12.5. The molecule has 0 spiro atoms. The Hall–Kier alpha value is -0.590. The molecule has 1 N–H and O–H groups in total. The van der Waals surface area contributed by atoms with Crippen molar-refractivity contribution in [1.82, 2.24) is 0 Å². The third kappa shape index (κ3) is 6.48. The fourth-order valence-electron chi connectivity index (χ4n) is 1.09. The Morgan fingerprint density at radius 2 is 2.13 bits per heavy atom. The van der Waals surface area contributed by atoms with E-state index in [9.17, 15) is 8.42 Å². The highest BCUT2D eigenvalue weighted by Crippen LogP contribution is 2.15. The average molecular weight is 250 g/mol. The fraction of sp³-hybridized carbons (Fsp3) is 0.556. The first-order valence-corrected chi connectivity index (χ1v) is 7.23. The molecule has 86 valence electrons. The summed E-state index contributed by atoms with van der Waals surface area (Å²) in [6, 6.07) is 1.89. The minimum atomic E-state index is -3.79. The summed E-state index contributed by atoms with van der Waals surface area (Å²) >= 11 is 1.57. The molecule has 4 nitrogen and oxygen atoms in total. The summed E-state index contributed by atoms with van der Waals surface area (Å²) in [5.74, 6) is 0.695. The van der Waals surface area contributed by atoms with Gasteiger partial charge in [-0.2, -0.15) is 8.42 Å². The third-order valence-electron chi connectivity index (χ3n) is 1.81. The summed E-state index contributed by atoms with van der Waals surface area (Å²) in [6.07, 6.45) is 2.02. The standard InChI is InChI=1S/C9H14O4S2/c10-15(11,12)7-3-1-2-5-13-9-4-6-14-8-9/h4,6,8H,1-3,5,7H2,(H,10,11,12). The molecule has 0 radical (unpaired) electrons. The number of hydrogen-bond donors (Lipinski definition) is 1. The van der Waals surface area contributed by atoms with Crippen molar-refractivity contribution >= 4 is 21.5 Å². The SMILES string of the molecule is O=S(=O)(O)CCCCCOc1ccsc1. The van der Waals surface area contributed by atoms with Gasteiger partial charge in [0.15, 0.2) is 0 Å². The van der Waals surface area contributed by atoms with Gasteiger partial charge in [0.05, 0.1) is 12.4 Å². The predicted molar refractivity (Wildman–Crippen MR) is 60.1 cm³/mol. The van der Waals surface area contributed by atoms with Crippen LogP contribution in [0.5, 0.6) is 5.75 Å². The van der Waals surface area contributed by atoms with E-state index in [2.05, 4.69) is 0 Å². The second-order valence-corrected chi connectivity index (χ2v) is 5.51. The number of rotatable bonds is 7. The normalized spacial score (nSPS) is 11.5. The highest BCUT2D eigenvalue weighted by molar-refractivity contribution is 7.85. The molecule has 1 aromatic rings. The molecule has 0 aliphatic rings. The summed E-state index contributed by atoms with van der Waals surface area (Å²) in [7, 11) is -3.79. The quantitative estimate of drug-likeness (QED) is 0.595. The lowest BCUT2D eigenvalue weighted by molar-refractivity contribution is 0.307. The summed E-state index contributed by atoms with van der Waals surface area (Å²) in [5.41, 5.74) is 0. The van der Waals surface area contributed by atoms with Crippen molar-refractivity contribution in [1.29, 1.82) is 0 Å². The Bertz CT molecular complexity index is 355. The zero-order chi connectivity index (χ0) is 11.1. The molecule has 0 saturated carbocycles. The van der Waals surface area contributed by atoms with Gasteiger partial charge in [0.2, 0.25) is 0 Å². The van der Waals surface area contributed by atoms with E-state index in [1.165, 1.54) is 0 Å². The third-order valence-corrected chi connectivity index (χ3v) is 3.28. The van der Waals surface area contributed by atoms with Gasteiger partial charge in [-0.15, -0.1) is 11.3 Å². The zero-order valence-corrected chi connectivity index (χ0v) is 9.89. The maximum atomic E-state index is 10.4. The van der Waals surface area contributed by atoms with Crippen LogP contribution in [0.15, 0.2) is 16.8 Å². The van der Waals surface area contributed by atoms with Crippen LogP contribution in [0.4, 0.5) is 0 Å². The molecular formula is C9H14O4S2. The molecule has 0 unspecified atom stereocenters. The lowest BCUT2D eigenvalue weighted by atomic mass is 10.3. The number of hydrogen-bond acceptors (Lipinski definition) is 4. The van der Waals surface area contributed by atoms with Crippen LogP contribution in [0.25, 0.3) is 0 Å². The Kier molecular flexibility index (Phi) is 5.07. The first-order valence-electron chi connectivity index (χ1n) is 4.68. The lowest BCUT2D eigenvalue weighted by Crippen LogP contribution is -2.04. The van der Waals surface area contributed by atoms with Crippen molar-refractivity contribution in [2.24, 2.45) is 0 Å². The maximum absolute atomic E-state index is 10.4. The van der Waals surface area contributed by atoms with Crippen molar-refractivity contribution in [3.63, 3.8) is 0 Å². The number of unbranched alkanes of at least 4 members (excludes halogenated alkanes) is 2. The van der Waals surface area contributed by atoms with Gasteiger partial charge in [-0.3, -0.25) is 4.55 Å². The van der Waals surface area contributed by atoms with E-state index in [1.807, 2.05) is 16.8 Å². The van der Waals surface area contributed by atoms with Crippen LogP contribution in [0.3, 0.4) is 0 Å². The Balaban J connectivity index is 1.99. The number of thiophene rings is 1. The monoisotopic (exact) mass is 250 g/mol. The summed E-state index contributed by atoms with van der Waals surface area (Å²) in [5, 5.41) is 3.85. The van der Waals surface area contributed by atoms with Crippen LogP contribution in [0.2, 0.25) is 0 Å². The Labute approximate surface area is 93.6 Å². The van der Waals surface area contributed by atoms with Crippen molar-refractivity contribution in [2.75, 3.05) is 12.4 Å².